The molecule has 168 valence electrons. The van der Waals surface area contributed by atoms with Gasteiger partial charge in [-0.1, -0.05) is 18.2 Å². The van der Waals surface area contributed by atoms with Crippen LogP contribution in [0.3, 0.4) is 0 Å². The van der Waals surface area contributed by atoms with Gasteiger partial charge >= 0.3 is 11.9 Å². The molecule has 1 saturated carbocycles. The zero-order chi connectivity index (χ0) is 22.9. The van der Waals surface area contributed by atoms with Gasteiger partial charge in [-0.3, -0.25) is 0 Å². The first kappa shape index (κ1) is 23.1. The number of carbonyl (C=O) groups excluding carboxylic acids is 2. The molecule has 0 aromatic heterocycles. The highest BCUT2D eigenvalue weighted by atomic mass is 16.5. The number of nitrogens with two attached hydrogens (primary N) is 2. The van der Waals surface area contributed by atoms with E-state index >= 15 is 0 Å². The molecule has 0 amide bonds. The first-order valence-corrected chi connectivity index (χ1v) is 10.9. The third-order valence-electron chi connectivity index (χ3n) is 5.67. The molecule has 6 nitrogen and oxygen atoms in total. The lowest BCUT2D eigenvalue weighted by Gasteiger charge is -2.26. The van der Waals surface area contributed by atoms with Gasteiger partial charge in [0.15, 0.2) is 0 Å². The van der Waals surface area contributed by atoms with E-state index in [9.17, 15) is 9.59 Å². The molecule has 0 saturated heterocycles. The van der Waals surface area contributed by atoms with E-state index in [1.165, 1.54) is 6.08 Å². The number of rotatable bonds is 8. The molecule has 0 radical (unpaired) electrons. The minimum atomic E-state index is -0.453. The fourth-order valence-corrected chi connectivity index (χ4v) is 3.71. The molecule has 2 aromatic rings. The Morgan fingerprint density at radius 3 is 2.44 bits per heavy atom. The average Bonchev–Trinajstić information content (AvgIpc) is 2.80. The van der Waals surface area contributed by atoms with Crippen molar-refractivity contribution in [1.29, 1.82) is 0 Å². The summed E-state index contributed by atoms with van der Waals surface area (Å²) in [5.41, 5.74) is 15.0. The number of hydrogen-bond donors (Lipinski definition) is 2. The molecule has 3 rings (SSSR count). The third kappa shape index (κ3) is 6.74. The van der Waals surface area contributed by atoms with Crippen LogP contribution < -0.4 is 11.5 Å². The molecule has 0 aliphatic heterocycles. The SMILES string of the molecule is C=CC1CCC(OC(=O)c2ccc(C=CC(=O)OCCc3cc(N)ccc3N)cc2)CC1. The van der Waals surface area contributed by atoms with Crippen LogP contribution in [0.25, 0.3) is 6.08 Å². The normalized spacial score (nSPS) is 18.2. The van der Waals surface area contributed by atoms with Crippen molar-refractivity contribution in [3.8, 4) is 0 Å². The van der Waals surface area contributed by atoms with Crippen LogP contribution in [0.5, 0.6) is 0 Å². The standard InChI is InChI=1S/C26H30N2O4/c1-2-18-5-11-23(12-6-18)32-26(30)20-8-3-19(4-9-20)7-14-25(29)31-16-15-21-17-22(27)10-13-24(21)28/h2-4,7-10,13-14,17-18,23H,1,5-6,11-12,15-16,27-28H2. The van der Waals surface area contributed by atoms with Gasteiger partial charge in [0.05, 0.1) is 12.2 Å². The van der Waals surface area contributed by atoms with Crippen molar-refractivity contribution in [2.45, 2.75) is 38.2 Å². The molecule has 32 heavy (non-hydrogen) atoms. The van der Waals surface area contributed by atoms with Crippen LogP contribution in [0, 0.1) is 5.92 Å². The van der Waals surface area contributed by atoms with Crippen LogP contribution >= 0.6 is 0 Å². The summed E-state index contributed by atoms with van der Waals surface area (Å²) in [7, 11) is 0. The molecule has 2 aromatic carbocycles. The minimum absolute atomic E-state index is 0.0317. The Labute approximate surface area is 188 Å². The van der Waals surface area contributed by atoms with Gasteiger partial charge in [0.2, 0.25) is 0 Å². The molecule has 1 aliphatic rings. The predicted octanol–water partition coefficient (Wildman–Crippen LogP) is 4.55. The van der Waals surface area contributed by atoms with E-state index in [1.54, 1.807) is 48.5 Å². The van der Waals surface area contributed by atoms with Crippen LogP contribution in [0.15, 0.2) is 61.2 Å². The number of nitrogen functional groups attached to an aromatic ring is 2. The molecule has 1 fully saturated rings. The zero-order valence-corrected chi connectivity index (χ0v) is 18.2. The van der Waals surface area contributed by atoms with E-state index in [4.69, 9.17) is 20.9 Å². The summed E-state index contributed by atoms with van der Waals surface area (Å²) in [5, 5.41) is 0. The first-order chi connectivity index (χ1) is 15.4. The lowest BCUT2D eigenvalue weighted by Crippen LogP contribution is -2.23. The van der Waals surface area contributed by atoms with Gasteiger partial charge in [0, 0.05) is 23.9 Å². The van der Waals surface area contributed by atoms with Gasteiger partial charge in [-0.05, 0) is 79.1 Å². The maximum atomic E-state index is 12.4. The fourth-order valence-electron chi connectivity index (χ4n) is 3.71. The highest BCUT2D eigenvalue weighted by molar-refractivity contribution is 5.90. The van der Waals surface area contributed by atoms with Gasteiger partial charge in [-0.2, -0.15) is 0 Å². The molecule has 0 atom stereocenters. The fraction of sp³-hybridized carbons (Fsp3) is 0.308. The second kappa shape index (κ2) is 11.2. The van der Waals surface area contributed by atoms with E-state index in [0.29, 0.717) is 29.3 Å². The molecule has 1 aliphatic carbocycles. The van der Waals surface area contributed by atoms with Crippen molar-refractivity contribution in [1.82, 2.24) is 0 Å². The van der Waals surface area contributed by atoms with Crippen molar-refractivity contribution in [3.05, 3.63) is 77.9 Å². The number of esters is 2. The van der Waals surface area contributed by atoms with Gasteiger partial charge < -0.3 is 20.9 Å². The number of allylic oxidation sites excluding steroid dienone is 1. The molecule has 0 heterocycles. The molecule has 0 spiro atoms. The quantitative estimate of drug-likeness (QED) is 0.273. The lowest BCUT2D eigenvalue weighted by atomic mass is 9.87. The summed E-state index contributed by atoms with van der Waals surface area (Å²) in [6.07, 6.45) is 9.19. The lowest BCUT2D eigenvalue weighted by molar-refractivity contribution is -0.137. The van der Waals surface area contributed by atoms with Crippen LogP contribution in [-0.4, -0.2) is 24.6 Å². The second-order valence-electron chi connectivity index (χ2n) is 8.01. The van der Waals surface area contributed by atoms with Crippen LogP contribution in [0.2, 0.25) is 0 Å². The highest BCUT2D eigenvalue weighted by Crippen LogP contribution is 2.27. The highest BCUT2D eigenvalue weighted by Gasteiger charge is 2.22. The molecular weight excluding hydrogens is 404 g/mol. The number of benzene rings is 2. The number of hydrogen-bond acceptors (Lipinski definition) is 6. The monoisotopic (exact) mass is 434 g/mol. The Kier molecular flexibility index (Phi) is 8.08. The van der Waals surface area contributed by atoms with Crippen LogP contribution in [0.4, 0.5) is 11.4 Å². The number of anilines is 2. The van der Waals surface area contributed by atoms with Crippen molar-refractivity contribution >= 4 is 29.4 Å². The van der Waals surface area contributed by atoms with Gasteiger partial charge in [0.1, 0.15) is 6.10 Å². The van der Waals surface area contributed by atoms with Gasteiger partial charge in [0.25, 0.3) is 0 Å². The van der Waals surface area contributed by atoms with E-state index in [-0.39, 0.29) is 18.7 Å². The summed E-state index contributed by atoms with van der Waals surface area (Å²) in [6, 6.07) is 12.2. The van der Waals surface area contributed by atoms with Gasteiger partial charge in [-0.15, -0.1) is 6.58 Å². The maximum Gasteiger partial charge on any atom is 0.338 e. The molecule has 4 N–H and O–H groups in total. The van der Waals surface area contributed by atoms with E-state index < -0.39 is 5.97 Å². The minimum Gasteiger partial charge on any atom is -0.462 e. The first-order valence-electron chi connectivity index (χ1n) is 10.9. The second-order valence-corrected chi connectivity index (χ2v) is 8.01. The topological polar surface area (TPSA) is 105 Å². The predicted molar refractivity (Wildman–Crippen MR) is 127 cm³/mol. The summed E-state index contributed by atoms with van der Waals surface area (Å²) in [5.74, 6) is -0.244. The summed E-state index contributed by atoms with van der Waals surface area (Å²) in [6.45, 7) is 4.04. The molecule has 6 heteroatoms. The maximum absolute atomic E-state index is 12.4. The largest absolute Gasteiger partial charge is 0.462 e. The number of ether oxygens (including phenoxy) is 2. The Morgan fingerprint density at radius 1 is 1.03 bits per heavy atom. The Balaban J connectivity index is 1.44. The Hall–Kier alpha value is -3.54. The van der Waals surface area contributed by atoms with E-state index in [0.717, 1.165) is 36.8 Å². The molecule has 0 bridgehead atoms. The summed E-state index contributed by atoms with van der Waals surface area (Å²) >= 11 is 0. The number of carbonyl (C=O) groups is 2. The Bertz CT molecular complexity index is 974. The molecular formula is C26H30N2O4. The van der Waals surface area contributed by atoms with E-state index in [1.807, 2.05) is 6.08 Å². The van der Waals surface area contributed by atoms with Crippen molar-refractivity contribution in [2.24, 2.45) is 5.92 Å². The van der Waals surface area contributed by atoms with Crippen LogP contribution in [0.1, 0.15) is 47.2 Å². The molecule has 0 unspecified atom stereocenters. The van der Waals surface area contributed by atoms with E-state index in [2.05, 4.69) is 6.58 Å². The van der Waals surface area contributed by atoms with Crippen molar-refractivity contribution in [3.63, 3.8) is 0 Å². The average molecular weight is 435 g/mol. The Morgan fingerprint density at radius 2 is 1.75 bits per heavy atom. The van der Waals surface area contributed by atoms with Gasteiger partial charge in [-0.25, -0.2) is 9.59 Å². The van der Waals surface area contributed by atoms with Crippen LogP contribution in [-0.2, 0) is 20.7 Å². The zero-order valence-electron chi connectivity index (χ0n) is 18.2. The smallest absolute Gasteiger partial charge is 0.338 e. The summed E-state index contributed by atoms with van der Waals surface area (Å²) < 4.78 is 10.8. The van der Waals surface area contributed by atoms with Crippen molar-refractivity contribution < 1.29 is 19.1 Å². The van der Waals surface area contributed by atoms with Crippen molar-refractivity contribution in [2.75, 3.05) is 18.1 Å². The third-order valence-corrected chi connectivity index (χ3v) is 5.67. The summed E-state index contributed by atoms with van der Waals surface area (Å²) in [4.78, 5) is 24.3.